The number of piperidine rings is 1. The van der Waals surface area contributed by atoms with E-state index in [0.29, 0.717) is 6.61 Å². The van der Waals surface area contributed by atoms with Crippen LogP contribution in [0, 0.1) is 6.92 Å². The molecule has 0 atom stereocenters. The molecule has 1 aromatic carbocycles. The van der Waals surface area contributed by atoms with E-state index >= 15 is 0 Å². The molecule has 4 heterocycles. The Morgan fingerprint density at radius 1 is 1.00 bits per heavy atom. The second-order valence-electron chi connectivity index (χ2n) is 7.88. The number of hydrogen-bond donors (Lipinski definition) is 0. The molecule has 0 unspecified atom stereocenters. The maximum atomic E-state index is 6.17. The largest absolute Gasteiger partial charge is 0.485 e. The zero-order valence-corrected chi connectivity index (χ0v) is 16.8. The minimum atomic E-state index is 0.429. The van der Waals surface area contributed by atoms with E-state index < -0.39 is 0 Å². The van der Waals surface area contributed by atoms with Crippen molar-refractivity contribution in [3.8, 4) is 5.75 Å². The van der Waals surface area contributed by atoms with Crippen molar-refractivity contribution in [1.82, 2.24) is 19.3 Å². The van der Waals surface area contributed by atoms with E-state index in [1.807, 2.05) is 30.6 Å². The second-order valence-corrected chi connectivity index (χ2v) is 7.88. The molecule has 0 spiro atoms. The van der Waals surface area contributed by atoms with Crippen molar-refractivity contribution in [2.45, 2.75) is 39.3 Å². The van der Waals surface area contributed by atoms with Crippen LogP contribution < -0.4 is 4.74 Å². The summed E-state index contributed by atoms with van der Waals surface area (Å²) >= 11 is 0. The third-order valence-electron chi connectivity index (χ3n) is 5.79. The van der Waals surface area contributed by atoms with Gasteiger partial charge in [0.1, 0.15) is 23.5 Å². The molecule has 0 radical (unpaired) electrons. The fraction of sp³-hybridized carbons (Fsp3) is 0.333. The van der Waals surface area contributed by atoms with E-state index in [4.69, 9.17) is 4.74 Å². The van der Waals surface area contributed by atoms with Crippen LogP contribution in [0.1, 0.15) is 36.2 Å². The molecule has 5 nitrogen and oxygen atoms in total. The van der Waals surface area contributed by atoms with Crippen LogP contribution in [0.2, 0.25) is 0 Å². The highest BCUT2D eigenvalue weighted by Crippen LogP contribution is 2.29. The standard InChI is InChI=1S/C24H26N4O/c1-18-7-5-9-23-26-20(16-28(18)23)17-29-22-11-10-19(15-27-13-3-2-4-14-27)21-8-6-12-25-24(21)22/h5-12,16H,2-4,13-15,17H2,1H3. The monoisotopic (exact) mass is 386 g/mol. The Morgan fingerprint density at radius 2 is 1.90 bits per heavy atom. The normalized spacial score (nSPS) is 15.2. The summed E-state index contributed by atoms with van der Waals surface area (Å²) in [5, 5.41) is 1.18. The lowest BCUT2D eigenvalue weighted by molar-refractivity contribution is 0.221. The lowest BCUT2D eigenvalue weighted by Crippen LogP contribution is -2.29. The average molecular weight is 386 g/mol. The van der Waals surface area contributed by atoms with Crippen LogP contribution in [-0.4, -0.2) is 32.4 Å². The molecule has 1 aliphatic heterocycles. The van der Waals surface area contributed by atoms with Crippen LogP contribution in [0.25, 0.3) is 16.6 Å². The molecule has 1 aliphatic rings. The number of fused-ring (bicyclic) bond motifs is 2. The summed E-state index contributed by atoms with van der Waals surface area (Å²) in [5.74, 6) is 0.816. The van der Waals surface area contributed by atoms with E-state index in [1.54, 1.807) is 0 Å². The number of aryl methyl sites for hydroxylation is 1. The van der Waals surface area contributed by atoms with Gasteiger partial charge in [0, 0.05) is 30.0 Å². The quantitative estimate of drug-likeness (QED) is 0.496. The van der Waals surface area contributed by atoms with Crippen molar-refractivity contribution in [3.05, 3.63) is 71.8 Å². The molecule has 3 aromatic heterocycles. The van der Waals surface area contributed by atoms with Gasteiger partial charge < -0.3 is 9.14 Å². The number of nitrogens with zero attached hydrogens (tertiary/aromatic N) is 4. The Morgan fingerprint density at radius 3 is 2.76 bits per heavy atom. The summed E-state index contributed by atoms with van der Waals surface area (Å²) < 4.78 is 8.26. The molecule has 5 rings (SSSR count). The van der Waals surface area contributed by atoms with Gasteiger partial charge in [-0.1, -0.05) is 24.6 Å². The first-order chi connectivity index (χ1) is 14.3. The molecule has 0 aliphatic carbocycles. The molecule has 148 valence electrons. The summed E-state index contributed by atoms with van der Waals surface area (Å²) in [6, 6.07) is 14.6. The van der Waals surface area contributed by atoms with Crippen molar-refractivity contribution in [2.75, 3.05) is 13.1 Å². The number of ether oxygens (including phenoxy) is 1. The Balaban J connectivity index is 1.39. The predicted octanol–water partition coefficient (Wildman–Crippen LogP) is 4.76. The van der Waals surface area contributed by atoms with Gasteiger partial charge in [-0.3, -0.25) is 9.88 Å². The van der Waals surface area contributed by atoms with Crippen molar-refractivity contribution in [2.24, 2.45) is 0 Å². The fourth-order valence-corrected chi connectivity index (χ4v) is 4.24. The third kappa shape index (κ3) is 3.70. The van der Waals surface area contributed by atoms with E-state index in [-0.39, 0.29) is 0 Å². The number of benzene rings is 1. The topological polar surface area (TPSA) is 42.7 Å². The molecule has 0 N–H and O–H groups in total. The molecule has 4 aromatic rings. The third-order valence-corrected chi connectivity index (χ3v) is 5.79. The van der Waals surface area contributed by atoms with Gasteiger partial charge >= 0.3 is 0 Å². The molecule has 5 heteroatoms. The van der Waals surface area contributed by atoms with Gasteiger partial charge in [-0.15, -0.1) is 0 Å². The maximum absolute atomic E-state index is 6.17. The highest BCUT2D eigenvalue weighted by Gasteiger charge is 2.14. The maximum Gasteiger partial charge on any atom is 0.146 e. The molecular weight excluding hydrogens is 360 g/mol. The number of imidazole rings is 1. The van der Waals surface area contributed by atoms with Gasteiger partial charge in [0.05, 0.1) is 5.69 Å². The minimum absolute atomic E-state index is 0.429. The molecule has 0 amide bonds. The van der Waals surface area contributed by atoms with Crippen molar-refractivity contribution < 1.29 is 4.74 Å². The van der Waals surface area contributed by atoms with E-state index in [2.05, 4.69) is 50.5 Å². The Hall–Kier alpha value is -2.92. The number of pyridine rings is 2. The summed E-state index contributed by atoms with van der Waals surface area (Å²) in [6.07, 6.45) is 7.85. The Labute approximate surface area is 171 Å². The van der Waals surface area contributed by atoms with Crippen LogP contribution in [-0.2, 0) is 13.2 Å². The van der Waals surface area contributed by atoms with Gasteiger partial charge in [0.2, 0.25) is 0 Å². The van der Waals surface area contributed by atoms with Crippen molar-refractivity contribution >= 4 is 16.6 Å². The fourth-order valence-electron chi connectivity index (χ4n) is 4.24. The van der Waals surface area contributed by atoms with Crippen molar-refractivity contribution in [3.63, 3.8) is 0 Å². The average Bonchev–Trinajstić information content (AvgIpc) is 3.18. The lowest BCUT2D eigenvalue weighted by atomic mass is 10.1. The number of likely N-dealkylation sites (tertiary alicyclic amines) is 1. The highest BCUT2D eigenvalue weighted by atomic mass is 16.5. The lowest BCUT2D eigenvalue weighted by Gasteiger charge is -2.27. The predicted molar refractivity (Wildman–Crippen MR) is 115 cm³/mol. The second kappa shape index (κ2) is 7.84. The molecular formula is C24H26N4O. The smallest absolute Gasteiger partial charge is 0.146 e. The van der Waals surface area contributed by atoms with Gasteiger partial charge in [-0.25, -0.2) is 4.98 Å². The van der Waals surface area contributed by atoms with Crippen LogP contribution in [0.3, 0.4) is 0 Å². The van der Waals surface area contributed by atoms with E-state index in [9.17, 15) is 0 Å². The summed E-state index contributed by atoms with van der Waals surface area (Å²) in [4.78, 5) is 11.9. The van der Waals surface area contributed by atoms with Crippen LogP contribution >= 0.6 is 0 Å². The first-order valence-electron chi connectivity index (χ1n) is 10.4. The van der Waals surface area contributed by atoms with Crippen molar-refractivity contribution in [1.29, 1.82) is 0 Å². The first-order valence-corrected chi connectivity index (χ1v) is 10.4. The molecule has 0 bridgehead atoms. The van der Waals surface area contributed by atoms with Gasteiger partial charge in [0.25, 0.3) is 0 Å². The number of hydrogen-bond acceptors (Lipinski definition) is 4. The molecule has 0 saturated carbocycles. The van der Waals surface area contributed by atoms with Crippen LogP contribution in [0.15, 0.2) is 54.9 Å². The van der Waals surface area contributed by atoms with E-state index in [0.717, 1.165) is 34.8 Å². The summed E-state index contributed by atoms with van der Waals surface area (Å²) in [6.45, 7) is 5.87. The minimum Gasteiger partial charge on any atom is -0.485 e. The zero-order valence-electron chi connectivity index (χ0n) is 16.8. The Bertz CT molecular complexity index is 1140. The van der Waals surface area contributed by atoms with Gasteiger partial charge in [-0.05, 0) is 62.7 Å². The Kier molecular flexibility index (Phi) is 4.90. The number of aromatic nitrogens is 3. The first kappa shape index (κ1) is 18.1. The molecule has 29 heavy (non-hydrogen) atoms. The van der Waals surface area contributed by atoms with E-state index in [1.165, 1.54) is 43.3 Å². The summed E-state index contributed by atoms with van der Waals surface area (Å²) in [7, 11) is 0. The van der Waals surface area contributed by atoms with Gasteiger partial charge in [0.15, 0.2) is 0 Å². The molecule has 1 saturated heterocycles. The number of rotatable bonds is 5. The van der Waals surface area contributed by atoms with Crippen LogP contribution in [0.5, 0.6) is 5.75 Å². The highest BCUT2D eigenvalue weighted by molar-refractivity contribution is 5.87. The van der Waals surface area contributed by atoms with Gasteiger partial charge in [-0.2, -0.15) is 0 Å². The zero-order chi connectivity index (χ0) is 19.6. The van der Waals surface area contributed by atoms with Crippen LogP contribution in [0.4, 0.5) is 0 Å². The summed E-state index contributed by atoms with van der Waals surface area (Å²) in [5.41, 5.74) is 5.28. The SMILES string of the molecule is Cc1cccc2nc(COc3ccc(CN4CCCCC4)c4cccnc34)cn12. The molecule has 1 fully saturated rings.